The van der Waals surface area contributed by atoms with Crippen LogP contribution in [0.2, 0.25) is 0 Å². The van der Waals surface area contributed by atoms with Gasteiger partial charge in [-0.3, -0.25) is 4.98 Å². The second-order valence-corrected chi connectivity index (χ2v) is 2.29. The number of carbonyl (C=O) groups excluding carboxylic acids is 1. The first-order valence-electron chi connectivity index (χ1n) is 3.61. The average molecular weight is 180 g/mol. The van der Waals surface area contributed by atoms with Crippen molar-refractivity contribution in [1.29, 1.82) is 0 Å². The fraction of sp³-hybridized carbons (Fsp3) is 0.250. The van der Waals surface area contributed by atoms with Crippen LogP contribution in [0, 0.1) is 4.91 Å². The number of esters is 1. The zero-order chi connectivity index (χ0) is 9.68. The van der Waals surface area contributed by atoms with Crippen LogP contribution in [0.4, 0.5) is 0 Å². The monoisotopic (exact) mass is 180 g/mol. The van der Waals surface area contributed by atoms with Crippen molar-refractivity contribution in [1.82, 2.24) is 4.98 Å². The molecule has 0 aliphatic carbocycles. The fourth-order valence-electron chi connectivity index (χ4n) is 0.867. The van der Waals surface area contributed by atoms with Gasteiger partial charge in [-0.1, -0.05) is 6.07 Å². The molecule has 1 aromatic rings. The Balaban J connectivity index is 2.91. The molecule has 1 atom stereocenters. The van der Waals surface area contributed by atoms with Crippen LogP contribution in [0.15, 0.2) is 29.6 Å². The van der Waals surface area contributed by atoms with Crippen molar-refractivity contribution in [3.63, 3.8) is 0 Å². The van der Waals surface area contributed by atoms with Crippen LogP contribution in [-0.2, 0) is 9.53 Å². The molecule has 1 aromatic heterocycles. The molecule has 13 heavy (non-hydrogen) atoms. The summed E-state index contributed by atoms with van der Waals surface area (Å²) >= 11 is 0. The predicted molar refractivity (Wildman–Crippen MR) is 44.8 cm³/mol. The summed E-state index contributed by atoms with van der Waals surface area (Å²) in [4.78, 5) is 25.1. The molecule has 0 fully saturated rings. The van der Waals surface area contributed by atoms with E-state index in [1.807, 2.05) is 0 Å². The minimum atomic E-state index is -1.16. The average Bonchev–Trinajstić information content (AvgIpc) is 2.20. The first kappa shape index (κ1) is 9.31. The lowest BCUT2D eigenvalue weighted by Gasteiger charge is -2.04. The number of pyridine rings is 1. The predicted octanol–water partition coefficient (Wildman–Crippen LogP) is 1.06. The number of ether oxygens (including phenoxy) is 1. The summed E-state index contributed by atoms with van der Waals surface area (Å²) in [5, 5.41) is 2.64. The number of nitroso groups, excluding NO2 is 1. The molecular weight excluding hydrogens is 172 g/mol. The third kappa shape index (κ3) is 2.08. The largest absolute Gasteiger partial charge is 0.467 e. The van der Waals surface area contributed by atoms with Crippen molar-refractivity contribution < 1.29 is 9.53 Å². The van der Waals surface area contributed by atoms with Crippen molar-refractivity contribution in [2.75, 3.05) is 7.11 Å². The van der Waals surface area contributed by atoms with Crippen LogP contribution in [0.3, 0.4) is 0 Å². The lowest BCUT2D eigenvalue weighted by Crippen LogP contribution is -2.12. The van der Waals surface area contributed by atoms with Gasteiger partial charge in [-0.05, 0) is 17.3 Å². The zero-order valence-corrected chi connectivity index (χ0v) is 7.01. The second kappa shape index (κ2) is 4.30. The highest BCUT2D eigenvalue weighted by atomic mass is 16.5. The standard InChI is InChI=1S/C8H8N2O3/c1-13-8(11)7(10-12)6-4-2-3-5-9-6/h2-5,7H,1H3. The van der Waals surface area contributed by atoms with Crippen molar-refractivity contribution >= 4 is 5.97 Å². The zero-order valence-electron chi connectivity index (χ0n) is 7.01. The van der Waals surface area contributed by atoms with Crippen LogP contribution in [0.1, 0.15) is 11.7 Å². The molecule has 5 heteroatoms. The lowest BCUT2D eigenvalue weighted by molar-refractivity contribution is -0.142. The summed E-state index contributed by atoms with van der Waals surface area (Å²) in [5.74, 6) is -0.700. The summed E-state index contributed by atoms with van der Waals surface area (Å²) in [6.45, 7) is 0. The number of nitrogens with zero attached hydrogens (tertiary/aromatic N) is 2. The summed E-state index contributed by atoms with van der Waals surface area (Å²) < 4.78 is 4.38. The maximum atomic E-state index is 11.0. The molecule has 0 aromatic carbocycles. The Bertz CT molecular complexity index is 300. The van der Waals surface area contributed by atoms with Crippen LogP contribution < -0.4 is 0 Å². The molecule has 0 spiro atoms. The molecule has 0 bridgehead atoms. The number of rotatable bonds is 3. The van der Waals surface area contributed by atoms with Gasteiger partial charge in [-0.25, -0.2) is 4.79 Å². The Morgan fingerprint density at radius 1 is 1.62 bits per heavy atom. The van der Waals surface area contributed by atoms with E-state index in [1.54, 1.807) is 18.2 Å². The van der Waals surface area contributed by atoms with E-state index in [1.165, 1.54) is 13.3 Å². The Morgan fingerprint density at radius 3 is 2.85 bits per heavy atom. The van der Waals surface area contributed by atoms with E-state index in [0.29, 0.717) is 5.69 Å². The van der Waals surface area contributed by atoms with Crippen molar-refractivity contribution in [3.8, 4) is 0 Å². The second-order valence-electron chi connectivity index (χ2n) is 2.29. The van der Waals surface area contributed by atoms with E-state index < -0.39 is 12.0 Å². The quantitative estimate of drug-likeness (QED) is 0.515. The first-order valence-corrected chi connectivity index (χ1v) is 3.61. The molecule has 1 heterocycles. The molecule has 0 amide bonds. The van der Waals surface area contributed by atoms with E-state index >= 15 is 0 Å². The smallest absolute Gasteiger partial charge is 0.340 e. The van der Waals surface area contributed by atoms with Gasteiger partial charge < -0.3 is 4.74 Å². The van der Waals surface area contributed by atoms with Gasteiger partial charge in [0.2, 0.25) is 6.04 Å². The fourth-order valence-corrected chi connectivity index (χ4v) is 0.867. The third-order valence-corrected chi connectivity index (χ3v) is 1.50. The molecule has 0 N–H and O–H groups in total. The molecule has 5 nitrogen and oxygen atoms in total. The van der Waals surface area contributed by atoms with Crippen LogP contribution in [0.5, 0.6) is 0 Å². The van der Waals surface area contributed by atoms with Gasteiger partial charge in [-0.15, -0.1) is 4.91 Å². The molecule has 0 aliphatic heterocycles. The number of carbonyl (C=O) groups is 1. The van der Waals surface area contributed by atoms with E-state index in [0.717, 1.165) is 0 Å². The Kier molecular flexibility index (Phi) is 3.08. The summed E-state index contributed by atoms with van der Waals surface area (Å²) in [7, 11) is 1.20. The van der Waals surface area contributed by atoms with Crippen molar-refractivity contribution in [2.24, 2.45) is 5.18 Å². The number of aromatic nitrogens is 1. The highest BCUT2D eigenvalue weighted by Crippen LogP contribution is 2.15. The molecule has 1 rings (SSSR count). The van der Waals surface area contributed by atoms with Crippen LogP contribution in [-0.4, -0.2) is 18.1 Å². The van der Waals surface area contributed by atoms with Crippen LogP contribution >= 0.6 is 0 Å². The van der Waals surface area contributed by atoms with E-state index in [-0.39, 0.29) is 0 Å². The Hall–Kier alpha value is -1.78. The normalized spacial score (nSPS) is 11.8. The van der Waals surface area contributed by atoms with Gasteiger partial charge in [-0.2, -0.15) is 0 Å². The molecule has 1 unspecified atom stereocenters. The minimum absolute atomic E-state index is 0.296. The van der Waals surface area contributed by atoms with E-state index in [4.69, 9.17) is 0 Å². The number of methoxy groups -OCH3 is 1. The maximum Gasteiger partial charge on any atom is 0.340 e. The molecule has 68 valence electrons. The van der Waals surface area contributed by atoms with Crippen molar-refractivity contribution in [2.45, 2.75) is 6.04 Å². The highest BCUT2D eigenvalue weighted by Gasteiger charge is 2.22. The SMILES string of the molecule is COC(=O)C(N=O)c1ccccn1. The van der Waals surface area contributed by atoms with Crippen molar-refractivity contribution in [3.05, 3.63) is 35.0 Å². The van der Waals surface area contributed by atoms with Gasteiger partial charge in [0, 0.05) is 6.20 Å². The first-order chi connectivity index (χ1) is 6.29. The molecule has 0 radical (unpaired) electrons. The third-order valence-electron chi connectivity index (χ3n) is 1.50. The maximum absolute atomic E-state index is 11.0. The summed E-state index contributed by atoms with van der Waals surface area (Å²) in [6.07, 6.45) is 1.48. The number of hydrogen-bond acceptors (Lipinski definition) is 5. The van der Waals surface area contributed by atoms with Gasteiger partial charge >= 0.3 is 5.97 Å². The molecule has 0 aliphatic rings. The summed E-state index contributed by atoms with van der Waals surface area (Å²) in [5.41, 5.74) is 0.296. The molecule has 0 saturated carbocycles. The van der Waals surface area contributed by atoms with E-state index in [9.17, 15) is 9.70 Å². The topological polar surface area (TPSA) is 68.6 Å². The molecule has 0 saturated heterocycles. The van der Waals surface area contributed by atoms with Crippen LogP contribution in [0.25, 0.3) is 0 Å². The Morgan fingerprint density at radius 2 is 2.38 bits per heavy atom. The number of hydrogen-bond donors (Lipinski definition) is 0. The minimum Gasteiger partial charge on any atom is -0.467 e. The van der Waals surface area contributed by atoms with Gasteiger partial charge in [0.05, 0.1) is 12.8 Å². The van der Waals surface area contributed by atoms with Gasteiger partial charge in [0.25, 0.3) is 0 Å². The van der Waals surface area contributed by atoms with Gasteiger partial charge in [0.1, 0.15) is 0 Å². The lowest BCUT2D eigenvalue weighted by atomic mass is 10.2. The highest BCUT2D eigenvalue weighted by molar-refractivity contribution is 5.76. The molecular formula is C8H8N2O3. The van der Waals surface area contributed by atoms with E-state index in [2.05, 4.69) is 14.9 Å². The Labute approximate surface area is 74.7 Å². The summed E-state index contributed by atoms with van der Waals surface area (Å²) in [6, 6.07) is 3.74. The van der Waals surface area contributed by atoms with Gasteiger partial charge in [0.15, 0.2) is 0 Å².